The second-order valence-corrected chi connectivity index (χ2v) is 2.94. The molecule has 1 heterocycles. The van der Waals surface area contributed by atoms with Crippen LogP contribution < -0.4 is 5.32 Å². The van der Waals surface area contributed by atoms with Gasteiger partial charge in [0, 0.05) is 6.42 Å². The van der Waals surface area contributed by atoms with E-state index in [0.717, 1.165) is 38.1 Å². The van der Waals surface area contributed by atoms with E-state index in [2.05, 4.69) is 5.32 Å². The van der Waals surface area contributed by atoms with E-state index < -0.39 is 0 Å². The number of rotatable bonds is 3. The fraction of sp³-hybridized carbons (Fsp3) is 0.875. The van der Waals surface area contributed by atoms with Crippen LogP contribution in [-0.4, -0.2) is 19.4 Å². The molecule has 2 heteroatoms. The molecule has 58 valence electrons. The average molecular weight is 141 g/mol. The van der Waals surface area contributed by atoms with E-state index in [1.54, 1.807) is 0 Å². The lowest BCUT2D eigenvalue weighted by atomic mass is 9.94. The van der Waals surface area contributed by atoms with E-state index in [0.29, 0.717) is 0 Å². The van der Waals surface area contributed by atoms with Gasteiger partial charge in [-0.05, 0) is 38.3 Å². The number of aldehydes is 1. The molecule has 0 radical (unpaired) electrons. The molecule has 1 fully saturated rings. The van der Waals surface area contributed by atoms with Crippen molar-refractivity contribution in [2.75, 3.05) is 13.1 Å². The summed E-state index contributed by atoms with van der Waals surface area (Å²) in [6.07, 6.45) is 5.40. The van der Waals surface area contributed by atoms with Crippen LogP contribution in [0.3, 0.4) is 0 Å². The molecule has 2 nitrogen and oxygen atoms in total. The Morgan fingerprint density at radius 3 is 2.70 bits per heavy atom. The van der Waals surface area contributed by atoms with Crippen molar-refractivity contribution in [1.29, 1.82) is 0 Å². The smallest absolute Gasteiger partial charge is 0.120 e. The van der Waals surface area contributed by atoms with Crippen molar-refractivity contribution in [2.45, 2.75) is 25.7 Å². The number of carbonyl (C=O) groups excluding carboxylic acids is 1. The minimum Gasteiger partial charge on any atom is -0.317 e. The van der Waals surface area contributed by atoms with Crippen LogP contribution in [0, 0.1) is 5.92 Å². The zero-order valence-corrected chi connectivity index (χ0v) is 6.31. The molecule has 0 atom stereocenters. The lowest BCUT2D eigenvalue weighted by molar-refractivity contribution is -0.108. The number of nitrogens with one attached hydrogen (secondary N) is 1. The van der Waals surface area contributed by atoms with Gasteiger partial charge in [0.1, 0.15) is 6.29 Å². The third-order valence-electron chi connectivity index (χ3n) is 2.15. The molecular weight excluding hydrogens is 126 g/mol. The summed E-state index contributed by atoms with van der Waals surface area (Å²) in [6, 6.07) is 0. The zero-order chi connectivity index (χ0) is 7.23. The molecule has 1 aliphatic heterocycles. The number of hydrogen-bond donors (Lipinski definition) is 1. The minimum absolute atomic E-state index is 0.755. The van der Waals surface area contributed by atoms with Crippen molar-refractivity contribution in [3.05, 3.63) is 0 Å². The van der Waals surface area contributed by atoms with Crippen LogP contribution in [0.15, 0.2) is 0 Å². The van der Waals surface area contributed by atoms with Gasteiger partial charge >= 0.3 is 0 Å². The molecule has 1 aliphatic rings. The molecule has 1 N–H and O–H groups in total. The average Bonchev–Trinajstić information content (AvgIpc) is 2.03. The Labute approximate surface area is 62.0 Å². The van der Waals surface area contributed by atoms with Crippen molar-refractivity contribution < 1.29 is 4.79 Å². The third-order valence-corrected chi connectivity index (χ3v) is 2.15. The van der Waals surface area contributed by atoms with Gasteiger partial charge in [-0.15, -0.1) is 0 Å². The Balaban J connectivity index is 2.07. The van der Waals surface area contributed by atoms with Gasteiger partial charge in [-0.1, -0.05) is 0 Å². The van der Waals surface area contributed by atoms with Gasteiger partial charge in [0.05, 0.1) is 0 Å². The second-order valence-electron chi connectivity index (χ2n) is 2.94. The lowest BCUT2D eigenvalue weighted by Crippen LogP contribution is -2.27. The Morgan fingerprint density at radius 1 is 1.40 bits per heavy atom. The van der Waals surface area contributed by atoms with Crippen molar-refractivity contribution in [2.24, 2.45) is 5.92 Å². The Morgan fingerprint density at radius 2 is 2.10 bits per heavy atom. The van der Waals surface area contributed by atoms with Gasteiger partial charge in [-0.25, -0.2) is 0 Å². The topological polar surface area (TPSA) is 29.1 Å². The Kier molecular flexibility index (Phi) is 3.44. The number of carbonyl (C=O) groups is 1. The molecule has 0 saturated carbocycles. The van der Waals surface area contributed by atoms with Gasteiger partial charge < -0.3 is 10.1 Å². The maximum absolute atomic E-state index is 10.0. The van der Waals surface area contributed by atoms with Crippen LogP contribution in [0.4, 0.5) is 0 Å². The van der Waals surface area contributed by atoms with Crippen LogP contribution in [0.5, 0.6) is 0 Å². The minimum atomic E-state index is 0.755. The molecule has 0 aromatic carbocycles. The van der Waals surface area contributed by atoms with Crippen molar-refractivity contribution in [1.82, 2.24) is 5.32 Å². The summed E-state index contributed by atoms with van der Waals surface area (Å²) in [5.74, 6) is 0.812. The van der Waals surface area contributed by atoms with E-state index in [1.165, 1.54) is 12.8 Å². The summed E-state index contributed by atoms with van der Waals surface area (Å²) in [5, 5.41) is 3.30. The van der Waals surface area contributed by atoms with E-state index >= 15 is 0 Å². The van der Waals surface area contributed by atoms with Crippen molar-refractivity contribution in [3.63, 3.8) is 0 Å². The van der Waals surface area contributed by atoms with Crippen LogP contribution in [0.1, 0.15) is 25.7 Å². The van der Waals surface area contributed by atoms with E-state index in [4.69, 9.17) is 0 Å². The quantitative estimate of drug-likeness (QED) is 0.593. The molecule has 0 aromatic heterocycles. The fourth-order valence-electron chi connectivity index (χ4n) is 1.47. The summed E-state index contributed by atoms with van der Waals surface area (Å²) in [4.78, 5) is 10.0. The van der Waals surface area contributed by atoms with Gasteiger partial charge in [0.25, 0.3) is 0 Å². The van der Waals surface area contributed by atoms with E-state index in [-0.39, 0.29) is 0 Å². The molecule has 0 spiro atoms. The molecule has 0 amide bonds. The van der Waals surface area contributed by atoms with Gasteiger partial charge in [-0.3, -0.25) is 0 Å². The summed E-state index contributed by atoms with van der Waals surface area (Å²) in [7, 11) is 0. The molecule has 0 aromatic rings. The van der Waals surface area contributed by atoms with Crippen molar-refractivity contribution in [3.8, 4) is 0 Å². The predicted molar refractivity (Wildman–Crippen MR) is 40.9 cm³/mol. The zero-order valence-electron chi connectivity index (χ0n) is 6.31. The first kappa shape index (κ1) is 7.73. The number of piperidine rings is 1. The van der Waals surface area contributed by atoms with Crippen molar-refractivity contribution >= 4 is 6.29 Å². The Hall–Kier alpha value is -0.370. The second kappa shape index (κ2) is 4.45. The lowest BCUT2D eigenvalue weighted by Gasteiger charge is -2.21. The monoisotopic (exact) mass is 141 g/mol. The summed E-state index contributed by atoms with van der Waals surface area (Å²) >= 11 is 0. The fourth-order valence-corrected chi connectivity index (χ4v) is 1.47. The highest BCUT2D eigenvalue weighted by atomic mass is 16.1. The highest BCUT2D eigenvalue weighted by Gasteiger charge is 2.11. The van der Waals surface area contributed by atoms with E-state index in [1.807, 2.05) is 0 Å². The molecule has 10 heavy (non-hydrogen) atoms. The first-order chi connectivity index (χ1) is 4.93. The van der Waals surface area contributed by atoms with E-state index in [9.17, 15) is 4.79 Å². The normalized spacial score (nSPS) is 20.8. The van der Waals surface area contributed by atoms with Crippen LogP contribution in [0.25, 0.3) is 0 Å². The number of hydrogen-bond acceptors (Lipinski definition) is 2. The summed E-state index contributed by atoms with van der Waals surface area (Å²) < 4.78 is 0. The van der Waals surface area contributed by atoms with Crippen LogP contribution in [-0.2, 0) is 4.79 Å². The van der Waals surface area contributed by atoms with Crippen LogP contribution in [0.2, 0.25) is 0 Å². The maximum atomic E-state index is 10.0. The molecule has 0 bridgehead atoms. The van der Waals surface area contributed by atoms with Gasteiger partial charge in [0.2, 0.25) is 0 Å². The molecule has 1 saturated heterocycles. The first-order valence-electron chi connectivity index (χ1n) is 4.08. The third kappa shape index (κ3) is 2.48. The predicted octanol–water partition coefficient (Wildman–Crippen LogP) is 0.965. The molecule has 0 aliphatic carbocycles. The first-order valence-corrected chi connectivity index (χ1v) is 4.08. The summed E-state index contributed by atoms with van der Waals surface area (Å²) in [5.41, 5.74) is 0. The highest BCUT2D eigenvalue weighted by Crippen LogP contribution is 2.16. The molecule has 0 unspecified atom stereocenters. The Bertz CT molecular complexity index is 97.4. The highest BCUT2D eigenvalue weighted by molar-refractivity contribution is 5.49. The standard InChI is InChI=1S/C8H15NO/c10-7-1-2-8-3-5-9-6-4-8/h7-9H,1-6H2. The summed E-state index contributed by atoms with van der Waals surface area (Å²) in [6.45, 7) is 2.28. The molecular formula is C8H15NO. The maximum Gasteiger partial charge on any atom is 0.120 e. The van der Waals surface area contributed by atoms with Crippen LogP contribution >= 0.6 is 0 Å². The SMILES string of the molecule is O=CCCC1CCNCC1. The largest absolute Gasteiger partial charge is 0.317 e. The van der Waals surface area contributed by atoms with Gasteiger partial charge in [-0.2, -0.15) is 0 Å². The van der Waals surface area contributed by atoms with Gasteiger partial charge in [0.15, 0.2) is 0 Å². The molecule has 1 rings (SSSR count).